The van der Waals surface area contributed by atoms with E-state index in [1.165, 1.54) is 5.69 Å². The molecular weight excluding hydrogens is 232 g/mol. The molecule has 0 bridgehead atoms. The second kappa shape index (κ2) is 5.97. The molecule has 1 fully saturated rings. The standard InChI is InChI=1S/C12H20N4O2/c1-3-16-10(4-5-14-16)8-15-6-7-18-11(9-15)12(17)13-2/h4-5,11H,3,6-9H2,1-2H3,(H,13,17). The van der Waals surface area contributed by atoms with Crippen LogP contribution in [0.3, 0.4) is 0 Å². The quantitative estimate of drug-likeness (QED) is 0.809. The molecule has 1 aliphatic heterocycles. The van der Waals surface area contributed by atoms with Crippen molar-refractivity contribution in [2.45, 2.75) is 26.1 Å². The molecule has 1 amide bonds. The number of aryl methyl sites for hydroxylation is 1. The van der Waals surface area contributed by atoms with Crippen LogP contribution in [0.25, 0.3) is 0 Å². The van der Waals surface area contributed by atoms with E-state index in [9.17, 15) is 4.79 Å². The van der Waals surface area contributed by atoms with Crippen LogP contribution in [-0.4, -0.2) is 53.4 Å². The zero-order chi connectivity index (χ0) is 13.0. The number of hydrogen-bond donors (Lipinski definition) is 1. The molecule has 0 spiro atoms. The number of ether oxygens (including phenoxy) is 1. The Balaban J connectivity index is 1.95. The van der Waals surface area contributed by atoms with Crippen molar-refractivity contribution >= 4 is 5.91 Å². The van der Waals surface area contributed by atoms with Crippen LogP contribution in [-0.2, 0) is 22.6 Å². The number of carbonyl (C=O) groups is 1. The van der Waals surface area contributed by atoms with Gasteiger partial charge >= 0.3 is 0 Å². The van der Waals surface area contributed by atoms with Gasteiger partial charge in [0.1, 0.15) is 6.10 Å². The van der Waals surface area contributed by atoms with Crippen LogP contribution in [0.15, 0.2) is 12.3 Å². The molecule has 2 rings (SSSR count). The molecule has 1 aliphatic rings. The largest absolute Gasteiger partial charge is 0.366 e. The van der Waals surface area contributed by atoms with E-state index in [0.717, 1.165) is 19.6 Å². The summed E-state index contributed by atoms with van der Waals surface area (Å²) in [6.45, 7) is 5.83. The molecule has 1 unspecified atom stereocenters. The maximum atomic E-state index is 11.6. The number of nitrogens with one attached hydrogen (secondary N) is 1. The van der Waals surface area contributed by atoms with Crippen LogP contribution in [0.1, 0.15) is 12.6 Å². The van der Waals surface area contributed by atoms with Gasteiger partial charge < -0.3 is 10.1 Å². The second-order valence-electron chi connectivity index (χ2n) is 4.35. The molecule has 1 aromatic heterocycles. The van der Waals surface area contributed by atoms with E-state index < -0.39 is 0 Å². The summed E-state index contributed by atoms with van der Waals surface area (Å²) in [7, 11) is 1.64. The molecule has 0 saturated carbocycles. The molecule has 1 N–H and O–H groups in total. The molecule has 100 valence electrons. The first-order valence-electron chi connectivity index (χ1n) is 6.30. The fourth-order valence-electron chi connectivity index (χ4n) is 2.17. The lowest BCUT2D eigenvalue weighted by molar-refractivity contribution is -0.138. The Labute approximate surface area is 107 Å². The summed E-state index contributed by atoms with van der Waals surface area (Å²) in [6.07, 6.45) is 1.46. The Hall–Kier alpha value is -1.40. The highest BCUT2D eigenvalue weighted by Gasteiger charge is 2.26. The zero-order valence-corrected chi connectivity index (χ0v) is 10.9. The first-order valence-corrected chi connectivity index (χ1v) is 6.30. The van der Waals surface area contributed by atoms with Crippen molar-refractivity contribution in [3.8, 4) is 0 Å². The van der Waals surface area contributed by atoms with Crippen molar-refractivity contribution < 1.29 is 9.53 Å². The Bertz CT molecular complexity index is 405. The topological polar surface area (TPSA) is 59.4 Å². The number of carbonyl (C=O) groups excluding carboxylic acids is 1. The lowest BCUT2D eigenvalue weighted by Crippen LogP contribution is -2.48. The minimum Gasteiger partial charge on any atom is -0.366 e. The normalized spacial score (nSPS) is 20.9. The summed E-state index contributed by atoms with van der Waals surface area (Å²) in [5, 5.41) is 6.88. The summed E-state index contributed by atoms with van der Waals surface area (Å²) >= 11 is 0. The summed E-state index contributed by atoms with van der Waals surface area (Å²) in [5.74, 6) is -0.0521. The predicted molar refractivity (Wildman–Crippen MR) is 67.0 cm³/mol. The van der Waals surface area contributed by atoms with E-state index in [1.54, 1.807) is 7.05 Å². The summed E-state index contributed by atoms with van der Waals surface area (Å²) in [6, 6.07) is 2.02. The van der Waals surface area contributed by atoms with E-state index in [4.69, 9.17) is 4.74 Å². The van der Waals surface area contributed by atoms with Crippen LogP contribution in [0.4, 0.5) is 0 Å². The van der Waals surface area contributed by atoms with Gasteiger partial charge in [0.05, 0.1) is 12.3 Å². The van der Waals surface area contributed by atoms with E-state index in [-0.39, 0.29) is 12.0 Å². The van der Waals surface area contributed by atoms with Crippen molar-refractivity contribution in [1.82, 2.24) is 20.0 Å². The van der Waals surface area contributed by atoms with Gasteiger partial charge in [0, 0.05) is 39.4 Å². The van der Waals surface area contributed by atoms with Gasteiger partial charge in [-0.25, -0.2) is 0 Å². The van der Waals surface area contributed by atoms with Gasteiger partial charge in [-0.2, -0.15) is 5.10 Å². The van der Waals surface area contributed by atoms with E-state index in [0.29, 0.717) is 13.2 Å². The number of likely N-dealkylation sites (N-methyl/N-ethyl adjacent to an activating group) is 1. The Kier molecular flexibility index (Phi) is 4.33. The maximum absolute atomic E-state index is 11.6. The highest BCUT2D eigenvalue weighted by atomic mass is 16.5. The molecular formula is C12H20N4O2. The molecule has 0 aromatic carbocycles. The molecule has 18 heavy (non-hydrogen) atoms. The van der Waals surface area contributed by atoms with Gasteiger partial charge in [0.15, 0.2) is 0 Å². The van der Waals surface area contributed by atoms with Crippen LogP contribution in [0.2, 0.25) is 0 Å². The maximum Gasteiger partial charge on any atom is 0.250 e. The number of rotatable bonds is 4. The molecule has 1 saturated heterocycles. The predicted octanol–water partition coefficient (Wildman–Crippen LogP) is -0.150. The van der Waals surface area contributed by atoms with Crippen molar-refractivity contribution in [2.24, 2.45) is 0 Å². The number of nitrogens with zero attached hydrogens (tertiary/aromatic N) is 3. The Morgan fingerprint density at radius 3 is 3.22 bits per heavy atom. The van der Waals surface area contributed by atoms with Crippen LogP contribution in [0.5, 0.6) is 0 Å². The highest BCUT2D eigenvalue weighted by molar-refractivity contribution is 5.80. The first kappa shape index (κ1) is 13.0. The van der Waals surface area contributed by atoms with Crippen LogP contribution in [0, 0.1) is 0 Å². The molecule has 2 heterocycles. The van der Waals surface area contributed by atoms with Crippen molar-refractivity contribution in [1.29, 1.82) is 0 Å². The summed E-state index contributed by atoms with van der Waals surface area (Å²) < 4.78 is 7.44. The molecule has 0 radical (unpaired) electrons. The third-order valence-corrected chi connectivity index (χ3v) is 3.18. The lowest BCUT2D eigenvalue weighted by atomic mass is 10.2. The van der Waals surface area contributed by atoms with Crippen molar-refractivity contribution in [2.75, 3.05) is 26.7 Å². The minimum atomic E-state index is -0.359. The smallest absolute Gasteiger partial charge is 0.250 e. The fraction of sp³-hybridized carbons (Fsp3) is 0.667. The SMILES string of the molecule is CCn1nccc1CN1CCOC(C(=O)NC)C1. The van der Waals surface area contributed by atoms with E-state index >= 15 is 0 Å². The van der Waals surface area contributed by atoms with Crippen LogP contribution >= 0.6 is 0 Å². The number of hydrogen-bond acceptors (Lipinski definition) is 4. The zero-order valence-electron chi connectivity index (χ0n) is 10.9. The van der Waals surface area contributed by atoms with Crippen LogP contribution < -0.4 is 5.32 Å². The highest BCUT2D eigenvalue weighted by Crippen LogP contribution is 2.10. The third-order valence-electron chi connectivity index (χ3n) is 3.18. The molecule has 1 aromatic rings. The summed E-state index contributed by atoms with van der Waals surface area (Å²) in [5.41, 5.74) is 1.18. The van der Waals surface area contributed by atoms with E-state index in [1.807, 2.05) is 16.9 Å². The summed E-state index contributed by atoms with van der Waals surface area (Å²) in [4.78, 5) is 13.8. The molecule has 1 atom stereocenters. The molecule has 6 nitrogen and oxygen atoms in total. The number of amides is 1. The van der Waals surface area contributed by atoms with Gasteiger partial charge in [-0.1, -0.05) is 0 Å². The first-order chi connectivity index (χ1) is 8.74. The molecule has 6 heteroatoms. The van der Waals surface area contributed by atoms with Gasteiger partial charge in [-0.15, -0.1) is 0 Å². The third kappa shape index (κ3) is 2.88. The van der Waals surface area contributed by atoms with E-state index in [2.05, 4.69) is 22.2 Å². The average molecular weight is 252 g/mol. The van der Waals surface area contributed by atoms with Gasteiger partial charge in [0.2, 0.25) is 5.91 Å². The van der Waals surface area contributed by atoms with Gasteiger partial charge in [-0.3, -0.25) is 14.4 Å². The fourth-order valence-corrected chi connectivity index (χ4v) is 2.17. The minimum absolute atomic E-state index is 0.0521. The monoisotopic (exact) mass is 252 g/mol. The second-order valence-corrected chi connectivity index (χ2v) is 4.35. The van der Waals surface area contributed by atoms with Gasteiger partial charge in [0.25, 0.3) is 0 Å². The van der Waals surface area contributed by atoms with Crippen molar-refractivity contribution in [3.05, 3.63) is 18.0 Å². The average Bonchev–Trinajstić information content (AvgIpc) is 2.85. The number of morpholine rings is 1. The van der Waals surface area contributed by atoms with Gasteiger partial charge in [-0.05, 0) is 13.0 Å². The number of aromatic nitrogens is 2. The lowest BCUT2D eigenvalue weighted by Gasteiger charge is -2.31. The molecule has 0 aliphatic carbocycles. The Morgan fingerprint density at radius 1 is 1.67 bits per heavy atom. The van der Waals surface area contributed by atoms with Crippen molar-refractivity contribution in [3.63, 3.8) is 0 Å². The Morgan fingerprint density at radius 2 is 2.50 bits per heavy atom.